The van der Waals surface area contributed by atoms with Gasteiger partial charge in [0.15, 0.2) is 5.65 Å². The number of hydrogen-bond acceptors (Lipinski definition) is 5. The molecule has 0 bridgehead atoms. The molecule has 1 aliphatic rings. The van der Waals surface area contributed by atoms with Gasteiger partial charge >= 0.3 is 6.18 Å². The van der Waals surface area contributed by atoms with Gasteiger partial charge in [0.05, 0.1) is 23.1 Å². The molecule has 2 aromatic heterocycles. The number of fused-ring (bicyclic) bond motifs is 1. The van der Waals surface area contributed by atoms with Crippen LogP contribution in [0.15, 0.2) is 60.9 Å². The molecule has 0 unspecified atom stereocenters. The number of hydrogen-bond donors (Lipinski definition) is 2. The van der Waals surface area contributed by atoms with Gasteiger partial charge in [-0.3, -0.25) is 4.79 Å². The number of carbonyl (C=O) groups excluding carboxylic acids is 1. The summed E-state index contributed by atoms with van der Waals surface area (Å²) < 4.78 is 42.3. The number of nitrogens with zero attached hydrogens (tertiary/aromatic N) is 4. The second kappa shape index (κ2) is 11.2. The van der Waals surface area contributed by atoms with Crippen LogP contribution in [0.1, 0.15) is 35.3 Å². The molecular weight excluding hydrogens is 529 g/mol. The summed E-state index contributed by atoms with van der Waals surface area (Å²) >= 11 is 6.14. The van der Waals surface area contributed by atoms with E-state index in [-0.39, 0.29) is 11.4 Å². The van der Waals surface area contributed by atoms with E-state index in [2.05, 4.69) is 20.7 Å². The number of rotatable bonds is 7. The topological polar surface area (TPSA) is 74.6 Å². The lowest BCUT2D eigenvalue weighted by atomic mass is 9.93. The maximum atomic E-state index is 13.6. The molecule has 7 nitrogen and oxygen atoms in total. The molecule has 1 saturated heterocycles. The Kier molecular flexibility index (Phi) is 7.76. The van der Waals surface area contributed by atoms with Crippen LogP contribution in [-0.2, 0) is 6.18 Å². The molecule has 0 saturated carbocycles. The molecular formula is C28H28ClF3N6O. The van der Waals surface area contributed by atoms with E-state index in [4.69, 9.17) is 11.6 Å². The average Bonchev–Trinajstić information content (AvgIpc) is 3.35. The third kappa shape index (κ3) is 6.02. The number of piperidine rings is 1. The smallest absolute Gasteiger partial charge is 0.370 e. The summed E-state index contributed by atoms with van der Waals surface area (Å²) in [5.41, 5.74) is 1.78. The molecule has 0 radical (unpaired) electrons. The van der Waals surface area contributed by atoms with Gasteiger partial charge in [0.25, 0.3) is 5.91 Å². The summed E-state index contributed by atoms with van der Waals surface area (Å²) in [6, 6.07) is 12.2. The van der Waals surface area contributed by atoms with Crippen LogP contribution in [0, 0.1) is 5.92 Å². The summed E-state index contributed by atoms with van der Waals surface area (Å²) in [6.45, 7) is 2.33. The molecule has 3 heterocycles. The first-order chi connectivity index (χ1) is 18.7. The van der Waals surface area contributed by atoms with E-state index in [9.17, 15) is 18.0 Å². The van der Waals surface area contributed by atoms with Crippen molar-refractivity contribution in [3.63, 3.8) is 0 Å². The van der Waals surface area contributed by atoms with Crippen LogP contribution >= 0.6 is 11.6 Å². The first-order valence-electron chi connectivity index (χ1n) is 12.8. The fraction of sp³-hybridized carbons (Fsp3) is 0.321. The number of nitrogens with one attached hydrogen (secondary N) is 2. The summed E-state index contributed by atoms with van der Waals surface area (Å²) in [4.78, 5) is 19.8. The normalized spacial score (nSPS) is 14.6. The molecule has 0 aliphatic carbocycles. The second-order valence-electron chi connectivity index (χ2n) is 9.66. The van der Waals surface area contributed by atoms with Crippen molar-refractivity contribution in [2.24, 2.45) is 5.92 Å². The Labute approximate surface area is 229 Å². The number of halogens is 4. The Balaban J connectivity index is 1.43. The maximum Gasteiger partial charge on any atom is 0.416 e. The molecule has 2 N–H and O–H groups in total. The summed E-state index contributed by atoms with van der Waals surface area (Å²) in [7, 11) is 1.92. The molecule has 2 aromatic carbocycles. The predicted octanol–water partition coefficient (Wildman–Crippen LogP) is 6.15. The standard InChI is InChI=1S/C28H28ClF3N6O/c1-33-11-7-18-8-12-37(13-9-18)25-6-5-20(28(30,31)32)16-24(25)36-27(39)23-10-14-38-26(35-23)22(17-34-38)19-3-2-4-21(29)15-19/h2-6,10,14-18,33H,7-9,11-13H2,1H3,(H,36,39). The zero-order valence-electron chi connectivity index (χ0n) is 21.3. The van der Waals surface area contributed by atoms with Crippen molar-refractivity contribution < 1.29 is 18.0 Å². The molecule has 0 spiro atoms. The first kappa shape index (κ1) is 27.0. The van der Waals surface area contributed by atoms with Crippen LogP contribution in [0.5, 0.6) is 0 Å². The maximum absolute atomic E-state index is 13.6. The number of alkyl halides is 3. The van der Waals surface area contributed by atoms with Crippen molar-refractivity contribution in [2.75, 3.05) is 36.9 Å². The average molecular weight is 557 g/mol. The highest BCUT2D eigenvalue weighted by Gasteiger charge is 2.32. The quantitative estimate of drug-likeness (QED) is 0.286. The number of amides is 1. The van der Waals surface area contributed by atoms with E-state index in [1.807, 2.05) is 18.0 Å². The number of anilines is 2. The minimum atomic E-state index is -4.54. The van der Waals surface area contributed by atoms with Crippen molar-refractivity contribution in [1.29, 1.82) is 0 Å². The highest BCUT2D eigenvalue weighted by molar-refractivity contribution is 6.30. The van der Waals surface area contributed by atoms with E-state index >= 15 is 0 Å². The number of aromatic nitrogens is 3. The number of carbonyl (C=O) groups is 1. The van der Waals surface area contributed by atoms with Crippen molar-refractivity contribution in [3.05, 3.63) is 77.2 Å². The van der Waals surface area contributed by atoms with E-state index in [1.165, 1.54) is 16.6 Å². The summed E-state index contributed by atoms with van der Waals surface area (Å²) in [5.74, 6) is -0.0540. The third-order valence-corrected chi connectivity index (χ3v) is 7.30. The van der Waals surface area contributed by atoms with E-state index in [0.717, 1.165) is 43.5 Å². The summed E-state index contributed by atoms with van der Waals surface area (Å²) in [5, 5.41) is 10.7. The molecule has 204 valence electrons. The SMILES string of the molecule is CNCCC1CCN(c2ccc(C(F)(F)F)cc2NC(=O)c2ccn3ncc(-c4cccc(Cl)c4)c3n2)CC1. The fourth-order valence-electron chi connectivity index (χ4n) is 4.94. The van der Waals surface area contributed by atoms with E-state index in [0.29, 0.717) is 40.9 Å². The van der Waals surface area contributed by atoms with Gasteiger partial charge in [-0.05, 0) is 80.7 Å². The van der Waals surface area contributed by atoms with Crippen LogP contribution in [0.3, 0.4) is 0 Å². The van der Waals surface area contributed by atoms with Gasteiger partial charge in [-0.25, -0.2) is 9.50 Å². The first-order valence-corrected chi connectivity index (χ1v) is 13.1. The Morgan fingerprint density at radius 1 is 1.13 bits per heavy atom. The zero-order valence-corrected chi connectivity index (χ0v) is 22.1. The van der Waals surface area contributed by atoms with Crippen LogP contribution < -0.4 is 15.5 Å². The lowest BCUT2D eigenvalue weighted by molar-refractivity contribution is -0.137. The monoisotopic (exact) mass is 556 g/mol. The van der Waals surface area contributed by atoms with Crippen LogP contribution in [-0.4, -0.2) is 47.2 Å². The Morgan fingerprint density at radius 3 is 2.64 bits per heavy atom. The second-order valence-corrected chi connectivity index (χ2v) is 10.1. The van der Waals surface area contributed by atoms with E-state index in [1.54, 1.807) is 30.6 Å². The molecule has 5 rings (SSSR count). The minimum Gasteiger partial charge on any atom is -0.370 e. The molecule has 39 heavy (non-hydrogen) atoms. The lowest BCUT2D eigenvalue weighted by Crippen LogP contribution is -2.35. The van der Waals surface area contributed by atoms with Gasteiger partial charge in [-0.1, -0.05) is 23.7 Å². The van der Waals surface area contributed by atoms with E-state index < -0.39 is 17.6 Å². The summed E-state index contributed by atoms with van der Waals surface area (Å²) in [6.07, 6.45) is 1.60. The third-order valence-electron chi connectivity index (χ3n) is 7.07. The largest absolute Gasteiger partial charge is 0.416 e. The van der Waals surface area contributed by atoms with Gasteiger partial charge in [-0.15, -0.1) is 0 Å². The van der Waals surface area contributed by atoms with Gasteiger partial charge in [0.1, 0.15) is 5.69 Å². The minimum absolute atomic E-state index is 0.0559. The van der Waals surface area contributed by atoms with Crippen molar-refractivity contribution in [1.82, 2.24) is 19.9 Å². The highest BCUT2D eigenvalue weighted by Crippen LogP contribution is 2.37. The number of benzene rings is 2. The van der Waals surface area contributed by atoms with Gasteiger partial charge in [0.2, 0.25) is 0 Å². The van der Waals surface area contributed by atoms with Crippen molar-refractivity contribution in [2.45, 2.75) is 25.4 Å². The predicted molar refractivity (Wildman–Crippen MR) is 146 cm³/mol. The highest BCUT2D eigenvalue weighted by atomic mass is 35.5. The zero-order chi connectivity index (χ0) is 27.6. The van der Waals surface area contributed by atoms with Crippen LogP contribution in [0.4, 0.5) is 24.5 Å². The molecule has 1 fully saturated rings. The molecule has 11 heteroatoms. The van der Waals surface area contributed by atoms with Gasteiger partial charge in [-0.2, -0.15) is 18.3 Å². The molecule has 0 atom stereocenters. The molecule has 1 aliphatic heterocycles. The van der Waals surface area contributed by atoms with Crippen LogP contribution in [0.25, 0.3) is 16.8 Å². The van der Waals surface area contributed by atoms with Crippen molar-refractivity contribution in [3.8, 4) is 11.1 Å². The van der Waals surface area contributed by atoms with Crippen molar-refractivity contribution >= 4 is 34.5 Å². The Bertz CT molecular complexity index is 1480. The lowest BCUT2D eigenvalue weighted by Gasteiger charge is -2.35. The Hall–Kier alpha value is -3.63. The van der Waals surface area contributed by atoms with Gasteiger partial charge < -0.3 is 15.5 Å². The fourth-order valence-corrected chi connectivity index (χ4v) is 5.13. The Morgan fingerprint density at radius 2 is 1.92 bits per heavy atom. The molecule has 1 amide bonds. The van der Waals surface area contributed by atoms with Gasteiger partial charge in [0, 0.05) is 29.9 Å². The molecule has 4 aromatic rings. The van der Waals surface area contributed by atoms with Crippen LogP contribution in [0.2, 0.25) is 5.02 Å².